The third-order valence-corrected chi connectivity index (χ3v) is 5.29. The van der Waals surface area contributed by atoms with E-state index in [1.54, 1.807) is 0 Å². The number of carbonyl (C=O) groups is 2. The number of nitrogens with one attached hydrogen (secondary N) is 1. The lowest BCUT2D eigenvalue weighted by Gasteiger charge is -2.22. The Morgan fingerprint density at radius 3 is 2.67 bits per heavy atom. The van der Waals surface area contributed by atoms with Crippen molar-refractivity contribution < 1.29 is 9.59 Å². The second-order valence-corrected chi connectivity index (χ2v) is 6.61. The third kappa shape index (κ3) is 2.13. The number of fused-ring (bicyclic) bond motifs is 2. The Kier molecular flexibility index (Phi) is 3.41. The van der Waals surface area contributed by atoms with Gasteiger partial charge in [-0.3, -0.25) is 9.59 Å². The maximum absolute atomic E-state index is 12.8. The Labute approximate surface area is 141 Å². The summed E-state index contributed by atoms with van der Waals surface area (Å²) in [4.78, 5) is 27.2. The van der Waals surface area contributed by atoms with E-state index in [1.165, 1.54) is 5.56 Å². The molecule has 0 saturated carbocycles. The van der Waals surface area contributed by atoms with Gasteiger partial charge in [-0.15, -0.1) is 0 Å². The number of anilines is 1. The Bertz CT molecular complexity index is 813. The topological polar surface area (TPSA) is 49.4 Å². The number of hydrogen-bond donors (Lipinski definition) is 1. The van der Waals surface area contributed by atoms with E-state index in [2.05, 4.69) is 12.2 Å². The van der Waals surface area contributed by atoms with E-state index in [0.29, 0.717) is 25.1 Å². The molecule has 2 aromatic carbocycles. The van der Waals surface area contributed by atoms with Crippen molar-refractivity contribution in [2.75, 3.05) is 18.4 Å². The van der Waals surface area contributed by atoms with Gasteiger partial charge >= 0.3 is 0 Å². The summed E-state index contributed by atoms with van der Waals surface area (Å²) in [5, 5.41) is 2.97. The van der Waals surface area contributed by atoms with Crippen molar-refractivity contribution in [1.29, 1.82) is 0 Å². The first-order chi connectivity index (χ1) is 11.6. The first kappa shape index (κ1) is 14.9. The van der Waals surface area contributed by atoms with Crippen molar-refractivity contribution in [3.05, 3.63) is 65.2 Å². The second-order valence-electron chi connectivity index (χ2n) is 6.61. The van der Waals surface area contributed by atoms with Gasteiger partial charge in [-0.1, -0.05) is 37.3 Å². The van der Waals surface area contributed by atoms with Gasteiger partial charge in [-0.2, -0.15) is 0 Å². The summed E-state index contributed by atoms with van der Waals surface area (Å²) in [6.45, 7) is 3.15. The van der Waals surface area contributed by atoms with Crippen LogP contribution in [0.15, 0.2) is 48.5 Å². The average molecular weight is 320 g/mol. The van der Waals surface area contributed by atoms with Gasteiger partial charge in [-0.25, -0.2) is 0 Å². The van der Waals surface area contributed by atoms with Crippen LogP contribution in [0.1, 0.15) is 34.8 Å². The van der Waals surface area contributed by atoms with Gasteiger partial charge in [0.05, 0.1) is 5.41 Å². The summed E-state index contributed by atoms with van der Waals surface area (Å²) in [6.07, 6.45) is 1.63. The third-order valence-electron chi connectivity index (χ3n) is 5.29. The van der Waals surface area contributed by atoms with Crippen LogP contribution < -0.4 is 5.32 Å². The highest BCUT2D eigenvalue weighted by molar-refractivity contribution is 6.07. The molecule has 2 aliphatic rings. The van der Waals surface area contributed by atoms with E-state index in [4.69, 9.17) is 0 Å². The lowest BCUT2D eigenvalue weighted by atomic mass is 9.81. The van der Waals surface area contributed by atoms with Crippen LogP contribution in [0.4, 0.5) is 5.69 Å². The molecule has 4 heteroatoms. The molecule has 1 spiro atoms. The molecule has 1 saturated heterocycles. The normalized spacial score (nSPS) is 21.9. The molecule has 1 unspecified atom stereocenters. The van der Waals surface area contributed by atoms with Gasteiger partial charge in [0, 0.05) is 24.3 Å². The molecule has 0 aliphatic carbocycles. The molecule has 1 atom stereocenters. The quantitative estimate of drug-likeness (QED) is 0.925. The minimum absolute atomic E-state index is 0.00621. The minimum atomic E-state index is -0.588. The number of benzene rings is 2. The Morgan fingerprint density at radius 2 is 1.92 bits per heavy atom. The molecule has 2 amide bonds. The lowest BCUT2D eigenvalue weighted by molar-refractivity contribution is -0.120. The molecular weight excluding hydrogens is 300 g/mol. The van der Waals surface area contributed by atoms with Crippen molar-refractivity contribution >= 4 is 17.5 Å². The summed E-state index contributed by atoms with van der Waals surface area (Å²) in [7, 11) is 0. The van der Waals surface area contributed by atoms with Crippen molar-refractivity contribution in [2.45, 2.75) is 25.2 Å². The highest BCUT2D eigenvalue weighted by atomic mass is 16.2. The number of amides is 2. The first-order valence-corrected chi connectivity index (χ1v) is 8.43. The molecule has 122 valence electrons. The van der Waals surface area contributed by atoms with Crippen molar-refractivity contribution in [3.8, 4) is 0 Å². The molecule has 1 N–H and O–H groups in total. The molecule has 2 heterocycles. The maximum Gasteiger partial charge on any atom is 0.253 e. The summed E-state index contributed by atoms with van der Waals surface area (Å²) in [6, 6.07) is 15.6. The summed E-state index contributed by atoms with van der Waals surface area (Å²) in [5.74, 6) is 0.0204. The highest BCUT2D eigenvalue weighted by Gasteiger charge is 2.51. The molecule has 1 fully saturated rings. The van der Waals surface area contributed by atoms with Gasteiger partial charge in [-0.05, 0) is 42.2 Å². The van der Waals surface area contributed by atoms with Gasteiger partial charge in [0.25, 0.3) is 5.91 Å². The number of rotatable bonds is 2. The van der Waals surface area contributed by atoms with Crippen LogP contribution in [0.2, 0.25) is 0 Å². The van der Waals surface area contributed by atoms with E-state index in [9.17, 15) is 9.59 Å². The molecule has 24 heavy (non-hydrogen) atoms. The molecule has 4 nitrogen and oxygen atoms in total. The molecule has 2 aliphatic heterocycles. The zero-order chi connectivity index (χ0) is 16.7. The van der Waals surface area contributed by atoms with Gasteiger partial charge in [0.15, 0.2) is 0 Å². The predicted molar refractivity (Wildman–Crippen MR) is 93.1 cm³/mol. The number of para-hydroxylation sites is 1. The van der Waals surface area contributed by atoms with E-state index >= 15 is 0 Å². The Morgan fingerprint density at radius 1 is 1.17 bits per heavy atom. The predicted octanol–water partition coefficient (Wildman–Crippen LogP) is 2.99. The minimum Gasteiger partial charge on any atom is -0.337 e. The Hall–Kier alpha value is -2.62. The van der Waals surface area contributed by atoms with Crippen molar-refractivity contribution in [2.24, 2.45) is 0 Å². The van der Waals surface area contributed by atoms with E-state index < -0.39 is 5.41 Å². The molecule has 0 bridgehead atoms. The fraction of sp³-hybridized carbons (Fsp3) is 0.300. The summed E-state index contributed by atoms with van der Waals surface area (Å²) in [5.41, 5.74) is 3.22. The van der Waals surface area contributed by atoms with Gasteiger partial charge in [0.2, 0.25) is 5.91 Å². The van der Waals surface area contributed by atoms with Crippen LogP contribution in [0, 0.1) is 0 Å². The molecule has 0 radical (unpaired) electrons. The fourth-order valence-corrected chi connectivity index (χ4v) is 3.83. The van der Waals surface area contributed by atoms with Crippen LogP contribution >= 0.6 is 0 Å². The van der Waals surface area contributed by atoms with Gasteiger partial charge in [0.1, 0.15) is 0 Å². The van der Waals surface area contributed by atoms with Crippen LogP contribution in [-0.2, 0) is 16.6 Å². The molecule has 2 aromatic rings. The standard InChI is InChI=1S/C20H20N2O2/c1-2-14-7-9-15(10-8-14)18(23)22-12-11-20(13-22)16-5-3-4-6-17(16)21-19(20)24/h3-10H,2,11-13H2,1H3,(H,21,24). The lowest BCUT2D eigenvalue weighted by Crippen LogP contribution is -2.39. The number of hydrogen-bond acceptors (Lipinski definition) is 2. The molecule has 4 rings (SSSR count). The number of nitrogens with zero attached hydrogens (tertiary/aromatic N) is 1. The largest absolute Gasteiger partial charge is 0.337 e. The zero-order valence-corrected chi connectivity index (χ0v) is 13.7. The van der Waals surface area contributed by atoms with E-state index in [-0.39, 0.29) is 11.8 Å². The number of likely N-dealkylation sites (tertiary alicyclic amines) is 1. The maximum atomic E-state index is 12.8. The van der Waals surface area contributed by atoms with Crippen molar-refractivity contribution in [1.82, 2.24) is 4.90 Å². The Balaban J connectivity index is 1.60. The fourth-order valence-electron chi connectivity index (χ4n) is 3.83. The summed E-state index contributed by atoms with van der Waals surface area (Å²) >= 11 is 0. The van der Waals surface area contributed by atoms with Crippen LogP contribution in [0.25, 0.3) is 0 Å². The molecule has 0 aromatic heterocycles. The monoisotopic (exact) mass is 320 g/mol. The average Bonchev–Trinajstić information content (AvgIpc) is 3.18. The van der Waals surface area contributed by atoms with Crippen LogP contribution in [0.5, 0.6) is 0 Å². The van der Waals surface area contributed by atoms with Crippen LogP contribution in [0.3, 0.4) is 0 Å². The SMILES string of the molecule is CCc1ccc(C(=O)N2CCC3(C2)C(=O)Nc2ccccc23)cc1. The summed E-state index contributed by atoms with van der Waals surface area (Å²) < 4.78 is 0. The van der Waals surface area contributed by atoms with Gasteiger partial charge < -0.3 is 10.2 Å². The highest BCUT2D eigenvalue weighted by Crippen LogP contribution is 2.44. The smallest absolute Gasteiger partial charge is 0.253 e. The second kappa shape index (κ2) is 5.48. The number of carbonyl (C=O) groups excluding carboxylic acids is 2. The van der Waals surface area contributed by atoms with Crippen LogP contribution in [-0.4, -0.2) is 29.8 Å². The van der Waals surface area contributed by atoms with E-state index in [0.717, 1.165) is 17.7 Å². The number of aryl methyl sites for hydroxylation is 1. The molecular formula is C20H20N2O2. The first-order valence-electron chi connectivity index (χ1n) is 8.43. The zero-order valence-electron chi connectivity index (χ0n) is 13.7. The van der Waals surface area contributed by atoms with E-state index in [1.807, 2.05) is 53.4 Å². The van der Waals surface area contributed by atoms with Crippen molar-refractivity contribution in [3.63, 3.8) is 0 Å².